The number of ketones is 2. The SMILES string of the molecule is C=CCOC(=O)[C@H](CC)C(=N)C(=O)CCCCC(=O)C(=N)[C@@H](CC)C(=O)OCC=C. The van der Waals surface area contributed by atoms with Crippen molar-refractivity contribution in [2.75, 3.05) is 13.2 Å². The summed E-state index contributed by atoms with van der Waals surface area (Å²) in [5.74, 6) is -4.04. The van der Waals surface area contributed by atoms with Gasteiger partial charge in [-0.2, -0.15) is 0 Å². The zero-order chi connectivity index (χ0) is 23.1. The van der Waals surface area contributed by atoms with Crippen molar-refractivity contribution in [2.45, 2.75) is 52.4 Å². The van der Waals surface area contributed by atoms with Crippen molar-refractivity contribution in [3.8, 4) is 0 Å². The number of hydrogen-bond donors (Lipinski definition) is 2. The third-order valence-corrected chi connectivity index (χ3v) is 4.43. The number of Topliss-reactive ketones (excluding diaryl/α,β-unsaturated/α-hetero) is 2. The van der Waals surface area contributed by atoms with Crippen LogP contribution in [-0.4, -0.2) is 48.1 Å². The van der Waals surface area contributed by atoms with Gasteiger partial charge in [0.2, 0.25) is 0 Å². The number of rotatable bonds is 17. The molecule has 0 aromatic rings. The molecule has 2 N–H and O–H groups in total. The van der Waals surface area contributed by atoms with Crippen LogP contribution in [0.25, 0.3) is 0 Å². The van der Waals surface area contributed by atoms with E-state index in [0.29, 0.717) is 12.8 Å². The van der Waals surface area contributed by atoms with E-state index >= 15 is 0 Å². The van der Waals surface area contributed by atoms with E-state index in [1.54, 1.807) is 13.8 Å². The first-order valence-electron chi connectivity index (χ1n) is 10.0. The Labute approximate surface area is 177 Å². The molecule has 0 heterocycles. The fraction of sp³-hybridized carbons (Fsp3) is 0.545. The molecule has 8 heteroatoms. The average Bonchev–Trinajstić information content (AvgIpc) is 2.73. The maximum atomic E-state index is 12.2. The molecule has 0 spiro atoms. The summed E-state index contributed by atoms with van der Waals surface area (Å²) in [6.07, 6.45) is 4.06. The Hall–Kier alpha value is -2.90. The van der Waals surface area contributed by atoms with Crippen LogP contribution >= 0.6 is 0 Å². The zero-order valence-corrected chi connectivity index (χ0v) is 17.8. The molecule has 0 saturated carbocycles. The molecule has 0 rings (SSSR count). The first kappa shape index (κ1) is 27.1. The van der Waals surface area contributed by atoms with Crippen LogP contribution in [0, 0.1) is 22.7 Å². The molecule has 0 radical (unpaired) electrons. The standard InChI is InChI=1S/C22H32N2O6/c1-5-13-29-21(27)15(7-3)19(23)17(25)11-9-10-12-18(26)20(24)16(8-4)22(28)30-14-6-2/h5-6,15-16,23-24H,1-2,7-14H2,3-4H3/t15-,16-/m1/s1. The zero-order valence-electron chi connectivity index (χ0n) is 17.8. The van der Waals surface area contributed by atoms with Gasteiger partial charge in [-0.25, -0.2) is 0 Å². The summed E-state index contributed by atoms with van der Waals surface area (Å²) >= 11 is 0. The van der Waals surface area contributed by atoms with Gasteiger partial charge < -0.3 is 20.3 Å². The van der Waals surface area contributed by atoms with Crippen molar-refractivity contribution in [2.24, 2.45) is 11.8 Å². The first-order chi connectivity index (χ1) is 14.2. The maximum Gasteiger partial charge on any atom is 0.315 e. The molecule has 0 bridgehead atoms. The molecule has 0 aliphatic rings. The van der Waals surface area contributed by atoms with E-state index in [1.165, 1.54) is 12.2 Å². The molecule has 0 unspecified atom stereocenters. The van der Waals surface area contributed by atoms with E-state index in [-0.39, 0.29) is 50.3 Å². The van der Waals surface area contributed by atoms with Gasteiger partial charge in [0.25, 0.3) is 0 Å². The molecular formula is C22H32N2O6. The number of hydrogen-bond acceptors (Lipinski definition) is 8. The summed E-state index contributed by atoms with van der Waals surface area (Å²) in [4.78, 5) is 48.2. The number of ether oxygens (including phenoxy) is 2. The lowest BCUT2D eigenvalue weighted by molar-refractivity contribution is -0.146. The third-order valence-electron chi connectivity index (χ3n) is 4.43. The monoisotopic (exact) mass is 420 g/mol. The van der Waals surface area contributed by atoms with Crippen LogP contribution < -0.4 is 0 Å². The van der Waals surface area contributed by atoms with Crippen molar-refractivity contribution in [3.05, 3.63) is 25.3 Å². The van der Waals surface area contributed by atoms with Crippen molar-refractivity contribution in [1.82, 2.24) is 0 Å². The summed E-state index contributed by atoms with van der Waals surface area (Å²) in [7, 11) is 0. The lowest BCUT2D eigenvalue weighted by Gasteiger charge is -2.14. The molecule has 166 valence electrons. The van der Waals surface area contributed by atoms with Crippen LogP contribution in [0.2, 0.25) is 0 Å². The van der Waals surface area contributed by atoms with Crippen LogP contribution in [-0.2, 0) is 28.7 Å². The number of unbranched alkanes of at least 4 members (excludes halogenated alkanes) is 1. The van der Waals surface area contributed by atoms with Crippen LogP contribution in [0.15, 0.2) is 25.3 Å². The third kappa shape index (κ3) is 9.07. The lowest BCUT2D eigenvalue weighted by Crippen LogP contribution is -2.31. The van der Waals surface area contributed by atoms with E-state index in [9.17, 15) is 19.2 Å². The average molecular weight is 421 g/mol. The Kier molecular flexibility index (Phi) is 13.6. The molecule has 0 aromatic heterocycles. The number of carbonyl (C=O) groups excluding carboxylic acids is 4. The molecule has 0 saturated heterocycles. The molecule has 0 amide bonds. The van der Waals surface area contributed by atoms with Crippen LogP contribution in [0.1, 0.15) is 52.4 Å². The van der Waals surface area contributed by atoms with Crippen molar-refractivity contribution in [3.63, 3.8) is 0 Å². The van der Waals surface area contributed by atoms with Gasteiger partial charge in [-0.1, -0.05) is 39.2 Å². The topological polar surface area (TPSA) is 134 Å². The number of carbonyl (C=O) groups is 4. The molecule has 30 heavy (non-hydrogen) atoms. The van der Waals surface area contributed by atoms with E-state index in [0.717, 1.165) is 0 Å². The van der Waals surface area contributed by atoms with Crippen molar-refractivity contribution in [1.29, 1.82) is 10.8 Å². The van der Waals surface area contributed by atoms with Gasteiger partial charge in [0.05, 0.1) is 11.4 Å². The van der Waals surface area contributed by atoms with Crippen LogP contribution in [0.5, 0.6) is 0 Å². The highest BCUT2D eigenvalue weighted by Crippen LogP contribution is 2.14. The fourth-order valence-corrected chi connectivity index (χ4v) is 2.69. The summed E-state index contributed by atoms with van der Waals surface area (Å²) in [5.41, 5.74) is -0.608. The normalized spacial score (nSPS) is 12.2. The van der Waals surface area contributed by atoms with Gasteiger partial charge in [0.15, 0.2) is 11.6 Å². The Morgan fingerprint density at radius 3 is 1.37 bits per heavy atom. The highest BCUT2D eigenvalue weighted by atomic mass is 16.5. The van der Waals surface area contributed by atoms with Gasteiger partial charge in [-0.05, 0) is 25.7 Å². The Balaban J connectivity index is 4.54. The highest BCUT2D eigenvalue weighted by Gasteiger charge is 2.29. The van der Waals surface area contributed by atoms with Crippen LogP contribution in [0.4, 0.5) is 0 Å². The molecule has 8 nitrogen and oxygen atoms in total. The number of nitrogens with one attached hydrogen (secondary N) is 2. The highest BCUT2D eigenvalue weighted by molar-refractivity contribution is 6.43. The second-order valence-electron chi connectivity index (χ2n) is 6.64. The molecule has 0 fully saturated rings. The summed E-state index contributed by atoms with van der Waals surface area (Å²) < 4.78 is 9.83. The van der Waals surface area contributed by atoms with Crippen molar-refractivity contribution >= 4 is 34.9 Å². The number of esters is 2. The van der Waals surface area contributed by atoms with Gasteiger partial charge in [-0.3, -0.25) is 19.2 Å². The Morgan fingerprint density at radius 2 is 1.10 bits per heavy atom. The van der Waals surface area contributed by atoms with Crippen LogP contribution in [0.3, 0.4) is 0 Å². The van der Waals surface area contributed by atoms with E-state index in [1.807, 2.05) is 0 Å². The molecule has 0 aromatic carbocycles. The van der Waals surface area contributed by atoms with E-state index in [2.05, 4.69) is 13.2 Å². The summed E-state index contributed by atoms with van der Waals surface area (Å²) in [6, 6.07) is 0. The first-order valence-corrected chi connectivity index (χ1v) is 10.0. The molecular weight excluding hydrogens is 388 g/mol. The summed E-state index contributed by atoms with van der Waals surface area (Å²) in [5, 5.41) is 15.9. The minimum absolute atomic E-state index is 0.0171. The van der Waals surface area contributed by atoms with Gasteiger partial charge in [-0.15, -0.1) is 0 Å². The molecule has 0 aliphatic heterocycles. The van der Waals surface area contributed by atoms with E-state index in [4.69, 9.17) is 20.3 Å². The largest absolute Gasteiger partial charge is 0.461 e. The fourth-order valence-electron chi connectivity index (χ4n) is 2.69. The second-order valence-corrected chi connectivity index (χ2v) is 6.64. The maximum absolute atomic E-state index is 12.2. The smallest absolute Gasteiger partial charge is 0.315 e. The minimum Gasteiger partial charge on any atom is -0.461 e. The lowest BCUT2D eigenvalue weighted by atomic mass is 9.93. The van der Waals surface area contributed by atoms with Crippen molar-refractivity contribution < 1.29 is 28.7 Å². The van der Waals surface area contributed by atoms with Gasteiger partial charge in [0.1, 0.15) is 25.0 Å². The molecule has 0 aliphatic carbocycles. The second kappa shape index (κ2) is 15.0. The predicted octanol–water partition coefficient (Wildman–Crippen LogP) is 3.24. The Morgan fingerprint density at radius 1 is 0.767 bits per heavy atom. The Bertz CT molecular complexity index is 625. The van der Waals surface area contributed by atoms with Gasteiger partial charge in [0, 0.05) is 12.8 Å². The predicted molar refractivity (Wildman–Crippen MR) is 114 cm³/mol. The van der Waals surface area contributed by atoms with Gasteiger partial charge >= 0.3 is 11.9 Å². The quantitative estimate of drug-likeness (QED) is 0.160. The summed E-state index contributed by atoms with van der Waals surface area (Å²) in [6.45, 7) is 10.3. The van der Waals surface area contributed by atoms with E-state index < -0.39 is 35.3 Å². The molecule has 2 atom stereocenters. The minimum atomic E-state index is -0.917.